The lowest BCUT2D eigenvalue weighted by molar-refractivity contribution is -0.116. The third-order valence-corrected chi connectivity index (χ3v) is 3.63. The van der Waals surface area contributed by atoms with Crippen LogP contribution in [0.25, 0.3) is 0 Å². The number of nitrogens with one attached hydrogen (secondary N) is 1. The van der Waals surface area contributed by atoms with Crippen LogP contribution in [0, 0.1) is 11.3 Å². The van der Waals surface area contributed by atoms with E-state index in [1.165, 1.54) is 0 Å². The summed E-state index contributed by atoms with van der Waals surface area (Å²) < 4.78 is 0.776. The summed E-state index contributed by atoms with van der Waals surface area (Å²) in [5, 5.41) is 10.9. The molecular formula is C15H10BrClN2O. The molecule has 1 unspecified atom stereocenters. The van der Waals surface area contributed by atoms with Crippen molar-refractivity contribution in [2.24, 2.45) is 0 Å². The first-order chi connectivity index (χ1) is 9.61. The molecule has 2 rings (SSSR count). The molecule has 0 radical (unpaired) electrons. The third-order valence-electron chi connectivity index (χ3n) is 2.68. The van der Waals surface area contributed by atoms with Crippen molar-refractivity contribution in [1.29, 1.82) is 5.26 Å². The first kappa shape index (κ1) is 14.6. The Morgan fingerprint density at radius 1 is 1.25 bits per heavy atom. The van der Waals surface area contributed by atoms with Gasteiger partial charge in [0.2, 0.25) is 5.91 Å². The maximum Gasteiger partial charge on any atom is 0.247 e. The lowest BCUT2D eigenvalue weighted by Gasteiger charge is -2.12. The van der Waals surface area contributed by atoms with Crippen molar-refractivity contribution < 1.29 is 4.79 Å². The van der Waals surface area contributed by atoms with E-state index in [0.29, 0.717) is 16.8 Å². The standard InChI is InChI=1S/C15H10BrClN2O/c16-12-7-6-11(9-18)13(8-12)19-15(20)14(17)10-4-2-1-3-5-10/h1-8,14H,(H,19,20). The number of benzene rings is 2. The van der Waals surface area contributed by atoms with E-state index in [1.54, 1.807) is 30.3 Å². The molecule has 0 saturated heterocycles. The molecule has 20 heavy (non-hydrogen) atoms. The summed E-state index contributed by atoms with van der Waals surface area (Å²) in [5.74, 6) is -0.368. The largest absolute Gasteiger partial charge is 0.323 e. The van der Waals surface area contributed by atoms with E-state index in [0.717, 1.165) is 4.47 Å². The van der Waals surface area contributed by atoms with E-state index in [2.05, 4.69) is 21.2 Å². The second-order valence-corrected chi connectivity index (χ2v) is 5.42. The van der Waals surface area contributed by atoms with Gasteiger partial charge in [0.05, 0.1) is 11.3 Å². The van der Waals surface area contributed by atoms with Crippen LogP contribution in [0.15, 0.2) is 53.0 Å². The fraction of sp³-hybridized carbons (Fsp3) is 0.0667. The van der Waals surface area contributed by atoms with E-state index < -0.39 is 5.38 Å². The predicted molar refractivity (Wildman–Crippen MR) is 82.5 cm³/mol. The van der Waals surface area contributed by atoms with Gasteiger partial charge in [0.1, 0.15) is 11.4 Å². The molecule has 1 atom stereocenters. The van der Waals surface area contributed by atoms with E-state index in [1.807, 2.05) is 24.3 Å². The first-order valence-electron chi connectivity index (χ1n) is 5.81. The number of carbonyl (C=O) groups is 1. The molecular weight excluding hydrogens is 340 g/mol. The summed E-state index contributed by atoms with van der Waals surface area (Å²) in [7, 11) is 0. The van der Waals surface area contributed by atoms with Gasteiger partial charge in [0.25, 0.3) is 0 Å². The van der Waals surface area contributed by atoms with E-state index in [-0.39, 0.29) is 5.91 Å². The number of nitriles is 1. The van der Waals surface area contributed by atoms with E-state index >= 15 is 0 Å². The Bertz CT molecular complexity index is 667. The number of amides is 1. The molecule has 0 spiro atoms. The monoisotopic (exact) mass is 348 g/mol. The number of halogens is 2. The van der Waals surface area contributed by atoms with Gasteiger partial charge in [0.15, 0.2) is 0 Å². The van der Waals surface area contributed by atoms with Crippen LogP contribution in [0.1, 0.15) is 16.5 Å². The van der Waals surface area contributed by atoms with Crippen LogP contribution in [-0.4, -0.2) is 5.91 Å². The van der Waals surface area contributed by atoms with Crippen molar-refractivity contribution in [1.82, 2.24) is 0 Å². The normalized spacial score (nSPS) is 11.4. The number of alkyl halides is 1. The van der Waals surface area contributed by atoms with Crippen LogP contribution in [-0.2, 0) is 4.79 Å². The van der Waals surface area contributed by atoms with Gasteiger partial charge in [-0.1, -0.05) is 46.3 Å². The van der Waals surface area contributed by atoms with E-state index in [4.69, 9.17) is 16.9 Å². The van der Waals surface area contributed by atoms with Gasteiger partial charge in [-0.05, 0) is 23.8 Å². The molecule has 0 saturated carbocycles. The molecule has 0 aliphatic heterocycles. The smallest absolute Gasteiger partial charge is 0.247 e. The van der Waals surface area contributed by atoms with Crippen molar-refractivity contribution in [3.63, 3.8) is 0 Å². The van der Waals surface area contributed by atoms with Crippen molar-refractivity contribution >= 4 is 39.1 Å². The second kappa shape index (κ2) is 6.56. The number of carbonyl (C=O) groups excluding carboxylic acids is 1. The average molecular weight is 350 g/mol. The summed E-state index contributed by atoms with van der Waals surface area (Å²) in [6.45, 7) is 0. The number of anilines is 1. The van der Waals surface area contributed by atoms with Gasteiger partial charge in [-0.2, -0.15) is 5.26 Å². The minimum Gasteiger partial charge on any atom is -0.323 e. The minimum absolute atomic E-state index is 0.368. The zero-order valence-electron chi connectivity index (χ0n) is 10.3. The van der Waals surface area contributed by atoms with Crippen LogP contribution in [0.4, 0.5) is 5.69 Å². The molecule has 100 valence electrons. The van der Waals surface area contributed by atoms with Crippen molar-refractivity contribution in [3.8, 4) is 6.07 Å². The highest BCUT2D eigenvalue weighted by Crippen LogP contribution is 2.25. The van der Waals surface area contributed by atoms with Crippen molar-refractivity contribution in [2.45, 2.75) is 5.38 Å². The maximum atomic E-state index is 12.1. The Balaban J connectivity index is 2.20. The molecule has 1 amide bonds. The van der Waals surface area contributed by atoms with Crippen LogP contribution in [0.2, 0.25) is 0 Å². The van der Waals surface area contributed by atoms with Crippen LogP contribution >= 0.6 is 27.5 Å². The molecule has 0 heterocycles. The summed E-state index contributed by atoms with van der Waals surface area (Å²) in [4.78, 5) is 12.1. The van der Waals surface area contributed by atoms with Gasteiger partial charge in [0, 0.05) is 4.47 Å². The first-order valence-corrected chi connectivity index (χ1v) is 7.04. The zero-order chi connectivity index (χ0) is 14.5. The predicted octanol–water partition coefficient (Wildman–Crippen LogP) is 4.24. The lowest BCUT2D eigenvalue weighted by atomic mass is 10.1. The molecule has 5 heteroatoms. The molecule has 0 aromatic heterocycles. The van der Waals surface area contributed by atoms with Crippen molar-refractivity contribution in [3.05, 3.63) is 64.1 Å². The number of nitrogens with zero attached hydrogens (tertiary/aromatic N) is 1. The Morgan fingerprint density at radius 2 is 1.95 bits per heavy atom. The molecule has 0 aliphatic rings. The molecule has 2 aromatic rings. The van der Waals surface area contributed by atoms with Crippen LogP contribution in [0.5, 0.6) is 0 Å². The molecule has 3 nitrogen and oxygen atoms in total. The Labute approximate surface area is 130 Å². The fourth-order valence-electron chi connectivity index (χ4n) is 1.69. The number of rotatable bonds is 3. The highest BCUT2D eigenvalue weighted by atomic mass is 79.9. The van der Waals surface area contributed by atoms with Gasteiger partial charge in [-0.3, -0.25) is 4.79 Å². The molecule has 0 aliphatic carbocycles. The Hall–Kier alpha value is -1.83. The third kappa shape index (κ3) is 3.38. The summed E-state index contributed by atoms with van der Waals surface area (Å²) in [6, 6.07) is 16.1. The van der Waals surface area contributed by atoms with Gasteiger partial charge in [-0.25, -0.2) is 0 Å². The summed E-state index contributed by atoms with van der Waals surface area (Å²) >= 11 is 9.44. The van der Waals surface area contributed by atoms with Crippen LogP contribution in [0.3, 0.4) is 0 Å². The molecule has 1 N–H and O–H groups in total. The van der Waals surface area contributed by atoms with Gasteiger partial charge < -0.3 is 5.32 Å². The van der Waals surface area contributed by atoms with Crippen molar-refractivity contribution in [2.75, 3.05) is 5.32 Å². The molecule has 2 aromatic carbocycles. The maximum absolute atomic E-state index is 12.1. The summed E-state index contributed by atoms with van der Waals surface area (Å²) in [6.07, 6.45) is 0. The average Bonchev–Trinajstić information content (AvgIpc) is 2.47. The SMILES string of the molecule is N#Cc1ccc(Br)cc1NC(=O)C(Cl)c1ccccc1. The van der Waals surface area contributed by atoms with E-state index in [9.17, 15) is 4.79 Å². The lowest BCUT2D eigenvalue weighted by Crippen LogP contribution is -2.18. The molecule has 0 fully saturated rings. The Kier molecular flexibility index (Phi) is 4.78. The second-order valence-electron chi connectivity index (χ2n) is 4.06. The Morgan fingerprint density at radius 3 is 2.60 bits per heavy atom. The summed E-state index contributed by atoms with van der Waals surface area (Å²) in [5.41, 5.74) is 1.53. The van der Waals surface area contributed by atoms with Gasteiger partial charge in [-0.15, -0.1) is 11.6 Å². The highest BCUT2D eigenvalue weighted by molar-refractivity contribution is 9.10. The minimum atomic E-state index is -0.804. The van der Waals surface area contributed by atoms with Crippen LogP contribution < -0.4 is 5.32 Å². The fourth-order valence-corrected chi connectivity index (χ4v) is 2.25. The quantitative estimate of drug-likeness (QED) is 0.843. The zero-order valence-corrected chi connectivity index (χ0v) is 12.6. The van der Waals surface area contributed by atoms with Gasteiger partial charge >= 0.3 is 0 Å². The molecule has 0 bridgehead atoms. The number of hydrogen-bond donors (Lipinski definition) is 1. The highest BCUT2D eigenvalue weighted by Gasteiger charge is 2.18. The number of hydrogen-bond acceptors (Lipinski definition) is 2. The topological polar surface area (TPSA) is 52.9 Å².